The Morgan fingerprint density at radius 3 is 2.70 bits per heavy atom. The van der Waals surface area contributed by atoms with Gasteiger partial charge < -0.3 is 15.6 Å². The number of nitrogens with zero attached hydrogens (tertiary/aromatic N) is 2. The lowest BCUT2D eigenvalue weighted by atomic mass is 9.83. The molecule has 0 aliphatic carbocycles. The van der Waals surface area contributed by atoms with Crippen LogP contribution in [0.3, 0.4) is 0 Å². The smallest absolute Gasteiger partial charge is 0.205 e. The standard InChI is InChI=1S/C24H18IN3O2/c1-14-5-2-3-8-20(14)28-13-16-10-18-22(11-21(16)29)30-24(27)19(12-26)23(18)15-6-4-7-17(25)9-15/h2-11,13,23,29H,27H2,1H3. The zero-order chi connectivity index (χ0) is 21.3. The van der Waals surface area contributed by atoms with Crippen molar-refractivity contribution in [2.24, 2.45) is 10.7 Å². The van der Waals surface area contributed by atoms with Gasteiger partial charge in [-0.25, -0.2) is 0 Å². The van der Waals surface area contributed by atoms with Crippen molar-refractivity contribution >= 4 is 34.5 Å². The number of halogens is 1. The summed E-state index contributed by atoms with van der Waals surface area (Å²) in [7, 11) is 0. The number of aliphatic imine (C=N–C) groups is 1. The minimum absolute atomic E-state index is 0.0284. The van der Waals surface area contributed by atoms with Crippen molar-refractivity contribution in [1.29, 1.82) is 5.26 Å². The van der Waals surface area contributed by atoms with Crippen LogP contribution in [-0.2, 0) is 0 Å². The van der Waals surface area contributed by atoms with E-state index in [0.29, 0.717) is 16.9 Å². The number of hydrogen-bond donors (Lipinski definition) is 2. The largest absolute Gasteiger partial charge is 0.507 e. The number of fused-ring (bicyclic) bond motifs is 1. The summed E-state index contributed by atoms with van der Waals surface area (Å²) in [4.78, 5) is 4.52. The molecule has 0 fully saturated rings. The number of benzene rings is 3. The zero-order valence-corrected chi connectivity index (χ0v) is 18.3. The number of aryl methyl sites for hydroxylation is 1. The average Bonchev–Trinajstić information content (AvgIpc) is 2.72. The highest BCUT2D eigenvalue weighted by atomic mass is 127. The van der Waals surface area contributed by atoms with Crippen molar-refractivity contribution < 1.29 is 9.84 Å². The van der Waals surface area contributed by atoms with Gasteiger partial charge in [0.05, 0.1) is 11.6 Å². The Balaban J connectivity index is 1.84. The summed E-state index contributed by atoms with van der Waals surface area (Å²) < 4.78 is 6.71. The first kappa shape index (κ1) is 20.0. The fourth-order valence-electron chi connectivity index (χ4n) is 3.49. The molecule has 148 valence electrons. The van der Waals surface area contributed by atoms with Crippen LogP contribution >= 0.6 is 22.6 Å². The van der Waals surface area contributed by atoms with Gasteiger partial charge >= 0.3 is 0 Å². The van der Waals surface area contributed by atoms with E-state index in [0.717, 1.165) is 25.9 Å². The Kier molecular flexibility index (Phi) is 5.46. The molecule has 5 nitrogen and oxygen atoms in total. The van der Waals surface area contributed by atoms with Gasteiger partial charge in [0.25, 0.3) is 0 Å². The van der Waals surface area contributed by atoms with E-state index in [1.807, 2.05) is 55.5 Å². The molecule has 3 aromatic carbocycles. The third-order valence-corrected chi connectivity index (χ3v) is 5.68. The van der Waals surface area contributed by atoms with E-state index < -0.39 is 0 Å². The van der Waals surface area contributed by atoms with E-state index in [4.69, 9.17) is 10.5 Å². The van der Waals surface area contributed by atoms with E-state index in [1.165, 1.54) is 6.07 Å². The lowest BCUT2D eigenvalue weighted by Gasteiger charge is -2.27. The first-order chi connectivity index (χ1) is 14.5. The molecule has 0 aromatic heterocycles. The second-order valence-electron chi connectivity index (χ2n) is 6.97. The maximum Gasteiger partial charge on any atom is 0.205 e. The second kappa shape index (κ2) is 8.20. The molecule has 0 saturated carbocycles. The number of nitriles is 1. The fourth-order valence-corrected chi connectivity index (χ4v) is 4.06. The summed E-state index contributed by atoms with van der Waals surface area (Å²) in [6.45, 7) is 1.98. The van der Waals surface area contributed by atoms with Crippen LogP contribution in [0.15, 0.2) is 77.1 Å². The highest BCUT2D eigenvalue weighted by Crippen LogP contribution is 2.44. The van der Waals surface area contributed by atoms with E-state index >= 15 is 0 Å². The van der Waals surface area contributed by atoms with Crippen LogP contribution < -0.4 is 10.5 Å². The lowest BCUT2D eigenvalue weighted by molar-refractivity contribution is 0.388. The number of hydrogen-bond acceptors (Lipinski definition) is 5. The van der Waals surface area contributed by atoms with Crippen molar-refractivity contribution in [2.75, 3.05) is 0 Å². The summed E-state index contributed by atoms with van der Waals surface area (Å²) in [5.74, 6) is 0.121. The Morgan fingerprint density at radius 2 is 1.97 bits per heavy atom. The quantitative estimate of drug-likeness (QED) is 0.373. The van der Waals surface area contributed by atoms with E-state index in [-0.39, 0.29) is 17.6 Å². The summed E-state index contributed by atoms with van der Waals surface area (Å²) in [6, 6.07) is 21.2. The van der Waals surface area contributed by atoms with Gasteiger partial charge in [-0.15, -0.1) is 0 Å². The molecular formula is C24H18IN3O2. The normalized spacial score (nSPS) is 15.6. The minimum Gasteiger partial charge on any atom is -0.507 e. The molecule has 0 radical (unpaired) electrons. The molecule has 0 saturated heterocycles. The molecule has 1 heterocycles. The van der Waals surface area contributed by atoms with Gasteiger partial charge in [0.1, 0.15) is 23.1 Å². The molecule has 1 unspecified atom stereocenters. The average molecular weight is 507 g/mol. The molecule has 3 N–H and O–H groups in total. The molecule has 30 heavy (non-hydrogen) atoms. The second-order valence-corrected chi connectivity index (χ2v) is 8.22. The third-order valence-electron chi connectivity index (χ3n) is 5.00. The summed E-state index contributed by atoms with van der Waals surface area (Å²) in [5, 5.41) is 20.3. The lowest BCUT2D eigenvalue weighted by Crippen LogP contribution is -2.21. The SMILES string of the molecule is Cc1ccccc1N=Cc1cc2c(cc1O)OC(N)=C(C#N)C2c1cccc(I)c1. The van der Waals surface area contributed by atoms with E-state index in [2.05, 4.69) is 33.7 Å². The first-order valence-corrected chi connectivity index (χ1v) is 10.4. The molecule has 1 aliphatic rings. The predicted molar refractivity (Wildman–Crippen MR) is 125 cm³/mol. The monoisotopic (exact) mass is 507 g/mol. The maximum absolute atomic E-state index is 10.5. The molecule has 4 rings (SSSR count). The zero-order valence-electron chi connectivity index (χ0n) is 16.1. The van der Waals surface area contributed by atoms with E-state index in [1.54, 1.807) is 12.3 Å². The third kappa shape index (κ3) is 3.76. The van der Waals surface area contributed by atoms with Crippen LogP contribution in [0.4, 0.5) is 5.69 Å². The van der Waals surface area contributed by atoms with Crippen molar-refractivity contribution in [3.05, 3.63) is 97.9 Å². The summed E-state index contributed by atoms with van der Waals surface area (Å²) in [6.07, 6.45) is 1.62. The number of phenols is 1. The Hall–Kier alpha value is -3.31. The van der Waals surface area contributed by atoms with E-state index in [9.17, 15) is 10.4 Å². The van der Waals surface area contributed by atoms with Gasteiger partial charge in [-0.1, -0.05) is 30.3 Å². The summed E-state index contributed by atoms with van der Waals surface area (Å²) in [5.41, 5.74) is 10.5. The van der Waals surface area contributed by atoms with Crippen LogP contribution in [0.2, 0.25) is 0 Å². The highest BCUT2D eigenvalue weighted by molar-refractivity contribution is 14.1. The van der Waals surface area contributed by atoms with Gasteiger partial charge in [-0.3, -0.25) is 4.99 Å². The molecule has 1 atom stereocenters. The molecule has 0 amide bonds. The van der Waals surface area contributed by atoms with Crippen LogP contribution in [0, 0.1) is 21.8 Å². The molecule has 1 aliphatic heterocycles. The maximum atomic E-state index is 10.5. The predicted octanol–water partition coefficient (Wildman–Crippen LogP) is 5.27. The number of nitrogens with two attached hydrogens (primary N) is 1. The number of allylic oxidation sites excluding steroid dienone is 1. The molecule has 3 aromatic rings. The Labute approximate surface area is 188 Å². The van der Waals surface area contributed by atoms with Crippen molar-refractivity contribution in [2.45, 2.75) is 12.8 Å². The van der Waals surface area contributed by atoms with Crippen molar-refractivity contribution in [1.82, 2.24) is 0 Å². The van der Waals surface area contributed by atoms with Crippen LogP contribution in [0.5, 0.6) is 11.5 Å². The minimum atomic E-state index is -0.389. The molecular weight excluding hydrogens is 489 g/mol. The topological polar surface area (TPSA) is 91.6 Å². The van der Waals surface area contributed by atoms with Crippen molar-refractivity contribution in [3.8, 4) is 17.6 Å². The van der Waals surface area contributed by atoms with Gasteiger partial charge in [-0.05, 0) is 64.9 Å². The van der Waals surface area contributed by atoms with Gasteiger partial charge in [0.15, 0.2) is 0 Å². The highest BCUT2D eigenvalue weighted by Gasteiger charge is 2.31. The van der Waals surface area contributed by atoms with Gasteiger partial charge in [0.2, 0.25) is 5.88 Å². The van der Waals surface area contributed by atoms with Crippen LogP contribution in [0.25, 0.3) is 0 Å². The Morgan fingerprint density at radius 1 is 1.17 bits per heavy atom. The number of ether oxygens (including phenoxy) is 1. The first-order valence-electron chi connectivity index (χ1n) is 9.27. The summed E-state index contributed by atoms with van der Waals surface area (Å²) >= 11 is 2.24. The van der Waals surface area contributed by atoms with Crippen molar-refractivity contribution in [3.63, 3.8) is 0 Å². The number of phenolic OH excluding ortho intramolecular Hbond substituents is 1. The van der Waals surface area contributed by atoms with Gasteiger partial charge in [-0.2, -0.15) is 5.26 Å². The van der Waals surface area contributed by atoms with Gasteiger partial charge in [0, 0.05) is 27.0 Å². The molecule has 6 heteroatoms. The number of rotatable bonds is 3. The number of para-hydroxylation sites is 1. The Bertz CT molecular complexity index is 1240. The fraction of sp³-hybridized carbons (Fsp3) is 0.0833. The molecule has 0 spiro atoms. The molecule has 0 bridgehead atoms. The number of aromatic hydroxyl groups is 1. The van der Waals surface area contributed by atoms with Crippen LogP contribution in [-0.4, -0.2) is 11.3 Å². The van der Waals surface area contributed by atoms with Crippen LogP contribution in [0.1, 0.15) is 28.2 Å².